The molecule has 9 heterocycles. The minimum atomic E-state index is -0.519. The molecule has 4 fully saturated rings. The van der Waals surface area contributed by atoms with Crippen LogP contribution in [0.25, 0.3) is 79.7 Å². The third-order valence-corrected chi connectivity index (χ3v) is 27.2. The number of methoxy groups -OCH3 is 1. The van der Waals surface area contributed by atoms with Gasteiger partial charge in [0.15, 0.2) is 0 Å². The summed E-state index contributed by atoms with van der Waals surface area (Å²) in [6, 6.07) is 47.2. The quantitative estimate of drug-likeness (QED) is 0.0188. The van der Waals surface area contributed by atoms with Crippen molar-refractivity contribution in [3.05, 3.63) is 235 Å². The molecule has 34 heteroatoms. The first-order valence-electron chi connectivity index (χ1n) is 51.8. The molecular formula is C116H148ClN25O8. The van der Waals surface area contributed by atoms with Crippen LogP contribution >= 0.6 is 11.6 Å². The van der Waals surface area contributed by atoms with E-state index >= 15 is 0 Å². The SMILES string of the molecule is CCOC(=O)N1CCC(Nc2cc(-c3cccc(C)c3C)nc(N)n2)CC1.CNc1cc(-c2cc(Cl)c(OC)cc2C)nc(N)n1.Cc1cccc(-c2cc(CC3CCN(C(=O)OC(C)(C)C)CC3)nc(N)n2)c1C.Cc1cccc(-c2cc(NCC(C)(C)CNC(=O)OC(C)(C)C)nc(N)n2)c1C.Nc1nc(CC2CC2)cc(-c2ccc3c(c2)C=CC3)n1.Nc1nc(CCCCN2CCCC2=O)cc(-c2ccc3c(c2)C=CC3)n1. The van der Waals surface area contributed by atoms with Gasteiger partial charge in [0.2, 0.25) is 41.6 Å². The largest absolute Gasteiger partial charge is 0.495 e. The van der Waals surface area contributed by atoms with Crippen LogP contribution in [0.3, 0.4) is 0 Å². The van der Waals surface area contributed by atoms with Gasteiger partial charge in [-0.25, -0.2) is 59.2 Å². The predicted octanol–water partition coefficient (Wildman–Crippen LogP) is 21.4. The fourth-order valence-electron chi connectivity index (χ4n) is 18.2. The van der Waals surface area contributed by atoms with Gasteiger partial charge in [-0.05, 0) is 308 Å². The number of unbranched alkanes of at least 4 members (excludes halogenated alkanes) is 1. The number of allylic oxidation sites excluding steroid dienone is 2. The Morgan fingerprint density at radius 1 is 0.460 bits per heavy atom. The number of nitrogens with one attached hydrogen (secondary N) is 4. The van der Waals surface area contributed by atoms with Crippen LogP contribution in [0.15, 0.2) is 152 Å². The molecule has 3 aliphatic carbocycles. The number of piperidine rings is 2. The fraction of sp³-hybridized carbons (Fsp3) is 0.414. The van der Waals surface area contributed by atoms with E-state index in [1.165, 1.54) is 68.5 Å². The second-order valence-electron chi connectivity index (χ2n) is 41.8. The van der Waals surface area contributed by atoms with E-state index in [1.807, 2.05) is 141 Å². The van der Waals surface area contributed by atoms with Crippen molar-refractivity contribution in [1.82, 2.24) is 79.8 Å². The van der Waals surface area contributed by atoms with Crippen LogP contribution in [0.4, 0.5) is 67.5 Å². The number of carbonyl (C=O) groups is 4. The number of hydrogen-bond donors (Lipinski definition) is 10. The predicted molar refractivity (Wildman–Crippen MR) is 602 cm³/mol. The Labute approximate surface area is 887 Å². The molecule has 792 valence electrons. The van der Waals surface area contributed by atoms with Gasteiger partial charge in [-0.1, -0.05) is 129 Å². The number of alkyl carbamates (subject to hydrolysis) is 1. The number of ether oxygens (including phenoxy) is 4. The molecule has 12 aromatic rings. The zero-order valence-electron chi connectivity index (χ0n) is 90.1. The molecule has 150 heavy (non-hydrogen) atoms. The van der Waals surface area contributed by atoms with Crippen molar-refractivity contribution >= 4 is 101 Å². The number of anilines is 9. The van der Waals surface area contributed by atoms with Crippen molar-refractivity contribution in [3.63, 3.8) is 0 Å². The number of rotatable bonds is 25. The highest BCUT2D eigenvalue weighted by Gasteiger charge is 2.31. The van der Waals surface area contributed by atoms with Crippen LogP contribution in [0, 0.1) is 65.7 Å². The lowest BCUT2D eigenvalue weighted by molar-refractivity contribution is -0.127. The Hall–Kier alpha value is -15.2. The lowest BCUT2D eigenvalue weighted by Gasteiger charge is -2.33. The van der Waals surface area contributed by atoms with E-state index in [0.29, 0.717) is 110 Å². The molecule has 0 spiro atoms. The Kier molecular flexibility index (Phi) is 38.2. The Morgan fingerprint density at radius 2 is 0.907 bits per heavy atom. The number of amides is 4. The Bertz CT molecular complexity index is 6820. The second kappa shape index (κ2) is 51.2. The average Bonchev–Trinajstić information content (AvgIpc) is 1.15. The molecule has 3 saturated heterocycles. The monoisotopic (exact) mass is 2050 g/mol. The summed E-state index contributed by atoms with van der Waals surface area (Å²) in [5.74, 6) is 5.93. The van der Waals surface area contributed by atoms with Gasteiger partial charge >= 0.3 is 18.3 Å². The molecule has 33 nitrogen and oxygen atoms in total. The van der Waals surface area contributed by atoms with Crippen molar-refractivity contribution in [2.75, 3.05) is 123 Å². The number of aromatic nitrogens is 12. The first kappa shape index (κ1) is 112. The molecule has 3 aliphatic heterocycles. The number of carbonyl (C=O) groups excluding carboxylic acids is 4. The van der Waals surface area contributed by atoms with Gasteiger partial charge in [0.05, 0.1) is 52.9 Å². The lowest BCUT2D eigenvalue weighted by Crippen LogP contribution is -2.42. The van der Waals surface area contributed by atoms with Gasteiger partial charge in [-0.15, -0.1) is 0 Å². The Balaban J connectivity index is 0.000000151. The molecule has 0 atom stereocenters. The van der Waals surface area contributed by atoms with E-state index in [4.69, 9.17) is 65.0 Å². The van der Waals surface area contributed by atoms with Crippen LogP contribution in [0.2, 0.25) is 5.02 Å². The molecule has 0 radical (unpaired) electrons. The molecule has 16 N–H and O–H groups in total. The van der Waals surface area contributed by atoms with Crippen molar-refractivity contribution in [1.29, 1.82) is 0 Å². The van der Waals surface area contributed by atoms with E-state index in [2.05, 4.69) is 220 Å². The van der Waals surface area contributed by atoms with Crippen molar-refractivity contribution in [2.24, 2.45) is 17.3 Å². The van der Waals surface area contributed by atoms with E-state index in [-0.39, 0.29) is 41.5 Å². The van der Waals surface area contributed by atoms with Crippen molar-refractivity contribution in [2.45, 2.75) is 224 Å². The summed E-state index contributed by atoms with van der Waals surface area (Å²) < 4.78 is 21.0. The van der Waals surface area contributed by atoms with E-state index in [0.717, 1.165) is 186 Å². The van der Waals surface area contributed by atoms with Crippen LogP contribution in [0.1, 0.15) is 205 Å². The summed E-state index contributed by atoms with van der Waals surface area (Å²) in [6.07, 6.45) is 22.5. The number of halogens is 1. The number of likely N-dealkylation sites (tertiary alicyclic amines) is 3. The van der Waals surface area contributed by atoms with Gasteiger partial charge in [0.1, 0.15) is 34.4 Å². The molecule has 6 aliphatic rings. The highest BCUT2D eigenvalue weighted by Crippen LogP contribution is 2.39. The number of nitrogen functional groups attached to an aromatic ring is 6. The van der Waals surface area contributed by atoms with E-state index in [9.17, 15) is 19.2 Å². The molecule has 4 amide bonds. The molecule has 6 aromatic heterocycles. The van der Waals surface area contributed by atoms with Gasteiger partial charge in [0.25, 0.3) is 0 Å². The summed E-state index contributed by atoms with van der Waals surface area (Å²) in [5.41, 5.74) is 62.0. The minimum absolute atomic E-state index is 0.216. The fourth-order valence-corrected chi connectivity index (χ4v) is 18.4. The maximum absolute atomic E-state index is 12.3. The third kappa shape index (κ3) is 32.7. The van der Waals surface area contributed by atoms with Crippen molar-refractivity contribution in [3.8, 4) is 73.3 Å². The topological polar surface area (TPSA) is 474 Å². The molecular weight excluding hydrogens is 1910 g/mol. The Morgan fingerprint density at radius 3 is 1.40 bits per heavy atom. The van der Waals surface area contributed by atoms with Gasteiger partial charge in [-0.2, -0.15) is 15.0 Å². The van der Waals surface area contributed by atoms with E-state index < -0.39 is 17.3 Å². The standard InChI is InChI=1S/C23H32N4O2.C22H33N5O2.C21H24N4O.C20H27N5O2.C17H17N3.C13H15ClN4O/c1-15-7-6-8-19(16(15)2)20-14-18(25-21(24)26-20)13-17-9-11-27(12-10-17)22(28)29-23(3,4)5;1-14-9-8-10-16(15(14)2)17-11-18(27-19(23)26-17)24-12-22(6,7)13-25-20(28)29-21(3,4)5;22-21-23-18(7-1-2-11-25-12-4-8-20(25)26)14-19(24-21)17-10-9-15-5-3-6-16(15)13-17;1-4-27-20(26)25-10-8-15(9-11-25)22-18-12-17(23-19(21)24-18)16-7-5-6-13(2)14(16)3;18-17-19-15(8-11-4-5-11)10-16(20-17)14-7-6-12-2-1-3-13(12)9-14;1-7-4-11(19-3)9(14)5-8(7)10-6-12(16-2)18-13(15)17-10/h6-8,14,17H,9-13H2,1-5H3,(H2,24,25,26);8-11H,12-13H2,1-7H3,(H,25,28)(H3,23,24,26,27);3,6,9-10,13-14H,1-2,4-5,7-8,11-12H2,(H2,22,23,24);5-7,12,15H,4,8-11H2,1-3H3,(H3,21,22,23,24);1,3,6-7,9-11H,2,4-5,8H2,(H2,18,19,20);4-6H,1-3H3,(H3,15,16,17,18). The van der Waals surface area contributed by atoms with Crippen LogP contribution in [-0.2, 0) is 51.1 Å². The maximum Gasteiger partial charge on any atom is 0.410 e. The average molecular weight is 2060 g/mol. The van der Waals surface area contributed by atoms with Crippen molar-refractivity contribution < 1.29 is 38.1 Å². The highest BCUT2D eigenvalue weighted by molar-refractivity contribution is 6.32. The second-order valence-corrected chi connectivity index (χ2v) is 42.2. The van der Waals surface area contributed by atoms with Gasteiger partial charge in [0, 0.05) is 141 Å². The minimum Gasteiger partial charge on any atom is -0.495 e. The first-order valence-corrected chi connectivity index (χ1v) is 52.2. The van der Waals surface area contributed by atoms with Crippen LogP contribution in [-0.4, -0.2) is 189 Å². The number of fused-ring (bicyclic) bond motifs is 2. The summed E-state index contributed by atoms with van der Waals surface area (Å²) in [4.78, 5) is 105. The molecule has 0 bridgehead atoms. The van der Waals surface area contributed by atoms with Crippen LogP contribution in [0.5, 0.6) is 5.75 Å². The van der Waals surface area contributed by atoms with Crippen LogP contribution < -0.4 is 60.4 Å². The zero-order valence-corrected chi connectivity index (χ0v) is 90.9. The highest BCUT2D eigenvalue weighted by atomic mass is 35.5. The number of aryl methyl sites for hydroxylation is 5. The molecule has 18 rings (SSSR count). The zero-order chi connectivity index (χ0) is 108. The summed E-state index contributed by atoms with van der Waals surface area (Å²) >= 11 is 6.15. The summed E-state index contributed by atoms with van der Waals surface area (Å²) in [5, 5.41) is 13.1. The first-order chi connectivity index (χ1) is 71.5. The number of benzene rings is 6. The summed E-state index contributed by atoms with van der Waals surface area (Å²) in [6.45, 7) is 37.6. The maximum atomic E-state index is 12.3. The number of nitrogens with zero attached hydrogens (tertiary/aromatic N) is 15. The number of hydrogen-bond acceptors (Lipinski definition) is 29. The van der Waals surface area contributed by atoms with Gasteiger partial charge in [-0.3, -0.25) is 4.79 Å². The molecule has 1 saturated carbocycles. The lowest BCUT2D eigenvalue weighted by atomic mass is 9.91. The van der Waals surface area contributed by atoms with Gasteiger partial charge < -0.3 is 89.3 Å². The number of nitrogens with two attached hydrogens (primary N) is 6. The smallest absolute Gasteiger partial charge is 0.410 e. The summed E-state index contributed by atoms with van der Waals surface area (Å²) in [7, 11) is 3.36. The molecule has 6 aromatic carbocycles. The third-order valence-electron chi connectivity index (χ3n) is 26.9. The van der Waals surface area contributed by atoms with E-state index in [1.54, 1.807) is 24.0 Å². The normalized spacial score (nSPS) is 14.2. The molecule has 0 unspecified atom stereocenters.